The Morgan fingerprint density at radius 1 is 1.00 bits per heavy atom. The first kappa shape index (κ1) is 14.1. The Morgan fingerprint density at radius 2 is 1.81 bits per heavy atom. The molecule has 21 heavy (non-hydrogen) atoms. The van der Waals surface area contributed by atoms with Crippen molar-refractivity contribution >= 4 is 17.5 Å². The number of nitrogens with zero attached hydrogens (tertiary/aromatic N) is 2. The van der Waals surface area contributed by atoms with Gasteiger partial charge in [0.2, 0.25) is 5.91 Å². The number of nitrogens with one attached hydrogen (secondary N) is 1. The molecule has 0 bridgehead atoms. The van der Waals surface area contributed by atoms with Gasteiger partial charge in [0.25, 0.3) is 5.91 Å². The van der Waals surface area contributed by atoms with Crippen LogP contribution in [-0.4, -0.2) is 49.4 Å². The number of benzene rings is 1. The van der Waals surface area contributed by atoms with E-state index in [2.05, 4.69) is 5.32 Å². The van der Waals surface area contributed by atoms with Gasteiger partial charge in [0.05, 0.1) is 0 Å². The average Bonchev–Trinajstić information content (AvgIpc) is 2.78. The molecule has 5 nitrogen and oxygen atoms in total. The van der Waals surface area contributed by atoms with E-state index in [0.29, 0.717) is 12.0 Å². The molecule has 0 aliphatic carbocycles. The second-order valence-corrected chi connectivity index (χ2v) is 5.59. The molecule has 2 aliphatic heterocycles. The number of hydrogen-bond acceptors (Lipinski definition) is 3. The van der Waals surface area contributed by atoms with Crippen LogP contribution in [0.5, 0.6) is 0 Å². The molecule has 1 N–H and O–H groups in total. The normalized spacial score (nSPS) is 19.7. The van der Waals surface area contributed by atoms with Gasteiger partial charge in [0.1, 0.15) is 0 Å². The zero-order valence-electron chi connectivity index (χ0n) is 12.2. The molecule has 0 radical (unpaired) electrons. The minimum absolute atomic E-state index is 0.0815. The van der Waals surface area contributed by atoms with E-state index in [1.165, 1.54) is 0 Å². The first-order valence-electron chi connectivity index (χ1n) is 7.66. The van der Waals surface area contributed by atoms with Gasteiger partial charge in [-0.1, -0.05) is 0 Å². The lowest BCUT2D eigenvalue weighted by atomic mass is 10.1. The van der Waals surface area contributed by atoms with E-state index >= 15 is 0 Å². The van der Waals surface area contributed by atoms with Gasteiger partial charge < -0.3 is 15.1 Å². The van der Waals surface area contributed by atoms with E-state index in [1.54, 1.807) is 4.90 Å². The molecule has 112 valence electrons. The van der Waals surface area contributed by atoms with E-state index in [-0.39, 0.29) is 11.8 Å². The molecule has 2 fully saturated rings. The van der Waals surface area contributed by atoms with Gasteiger partial charge in [-0.25, -0.2) is 0 Å². The van der Waals surface area contributed by atoms with Gasteiger partial charge in [-0.05, 0) is 43.7 Å². The predicted molar refractivity (Wildman–Crippen MR) is 81.4 cm³/mol. The van der Waals surface area contributed by atoms with Gasteiger partial charge >= 0.3 is 0 Å². The zero-order valence-corrected chi connectivity index (χ0v) is 12.2. The highest BCUT2D eigenvalue weighted by atomic mass is 16.2. The molecule has 1 aromatic carbocycles. The third kappa shape index (κ3) is 3.08. The van der Waals surface area contributed by atoms with Crippen LogP contribution in [0.4, 0.5) is 5.69 Å². The fraction of sp³-hybridized carbons (Fsp3) is 0.500. The highest BCUT2D eigenvalue weighted by Crippen LogP contribution is 2.22. The van der Waals surface area contributed by atoms with Crippen LogP contribution in [0.3, 0.4) is 0 Å². The van der Waals surface area contributed by atoms with E-state index in [1.807, 2.05) is 29.2 Å². The Kier molecular flexibility index (Phi) is 4.20. The van der Waals surface area contributed by atoms with Crippen molar-refractivity contribution in [2.24, 2.45) is 0 Å². The lowest BCUT2D eigenvalue weighted by Gasteiger charge is -2.21. The van der Waals surface area contributed by atoms with Crippen molar-refractivity contribution in [3.05, 3.63) is 29.8 Å². The second-order valence-electron chi connectivity index (χ2n) is 5.59. The molecule has 0 saturated carbocycles. The summed E-state index contributed by atoms with van der Waals surface area (Å²) in [4.78, 5) is 27.9. The summed E-state index contributed by atoms with van der Waals surface area (Å²) in [5.74, 6) is 0.255. The van der Waals surface area contributed by atoms with Gasteiger partial charge in [-0.15, -0.1) is 0 Å². The second kappa shape index (κ2) is 6.26. The highest BCUT2D eigenvalue weighted by Gasteiger charge is 2.22. The van der Waals surface area contributed by atoms with Crippen molar-refractivity contribution in [3.8, 4) is 0 Å². The van der Waals surface area contributed by atoms with Crippen molar-refractivity contribution in [2.45, 2.75) is 19.3 Å². The highest BCUT2D eigenvalue weighted by molar-refractivity contribution is 5.97. The molecule has 3 rings (SSSR count). The van der Waals surface area contributed by atoms with Crippen molar-refractivity contribution in [1.29, 1.82) is 0 Å². The lowest BCUT2D eigenvalue weighted by Crippen LogP contribution is -2.34. The van der Waals surface area contributed by atoms with Crippen molar-refractivity contribution in [3.63, 3.8) is 0 Å². The standard InChI is InChI=1S/C16H21N3O2/c20-15-3-1-11-19(15)14-6-4-13(5-7-14)16(21)18-10-2-8-17-9-12-18/h4-7,17H,1-3,8-12H2. The quantitative estimate of drug-likeness (QED) is 0.890. The number of anilines is 1. The molecule has 0 aromatic heterocycles. The minimum Gasteiger partial charge on any atom is -0.337 e. The minimum atomic E-state index is 0.0815. The lowest BCUT2D eigenvalue weighted by molar-refractivity contribution is -0.117. The van der Waals surface area contributed by atoms with E-state index in [4.69, 9.17) is 0 Å². The van der Waals surface area contributed by atoms with Crippen LogP contribution < -0.4 is 10.2 Å². The maximum Gasteiger partial charge on any atom is 0.253 e. The van der Waals surface area contributed by atoms with E-state index in [0.717, 1.165) is 51.3 Å². The number of carbonyl (C=O) groups excluding carboxylic acids is 2. The zero-order chi connectivity index (χ0) is 14.7. The van der Waals surface area contributed by atoms with Crippen LogP contribution in [-0.2, 0) is 4.79 Å². The Labute approximate surface area is 124 Å². The summed E-state index contributed by atoms with van der Waals surface area (Å²) in [6.07, 6.45) is 2.54. The van der Waals surface area contributed by atoms with Crippen molar-refractivity contribution in [1.82, 2.24) is 10.2 Å². The smallest absolute Gasteiger partial charge is 0.253 e. The third-order valence-electron chi connectivity index (χ3n) is 4.13. The van der Waals surface area contributed by atoms with Crippen LogP contribution >= 0.6 is 0 Å². The molecule has 2 aliphatic rings. The molecule has 5 heteroatoms. The molecule has 0 atom stereocenters. The molecule has 1 aromatic rings. The van der Waals surface area contributed by atoms with E-state index < -0.39 is 0 Å². The Balaban J connectivity index is 1.71. The molecule has 2 amide bonds. The fourth-order valence-corrected chi connectivity index (χ4v) is 2.94. The summed E-state index contributed by atoms with van der Waals surface area (Å²) in [5.41, 5.74) is 1.60. The third-order valence-corrected chi connectivity index (χ3v) is 4.13. The summed E-state index contributed by atoms with van der Waals surface area (Å²) in [7, 11) is 0. The maximum atomic E-state index is 12.5. The summed E-state index contributed by atoms with van der Waals surface area (Å²) in [6, 6.07) is 7.43. The van der Waals surface area contributed by atoms with Gasteiger partial charge in [0, 0.05) is 43.9 Å². The average molecular weight is 287 g/mol. The first-order valence-corrected chi connectivity index (χ1v) is 7.66. The molecule has 2 saturated heterocycles. The predicted octanol–water partition coefficient (Wildman–Crippen LogP) is 1.25. The molecule has 0 unspecified atom stereocenters. The fourth-order valence-electron chi connectivity index (χ4n) is 2.94. The number of carbonyl (C=O) groups is 2. The summed E-state index contributed by atoms with van der Waals surface area (Å²) in [5, 5.41) is 3.30. The van der Waals surface area contributed by atoms with Crippen LogP contribution in [0.15, 0.2) is 24.3 Å². The van der Waals surface area contributed by atoms with Crippen LogP contribution in [0.25, 0.3) is 0 Å². The molecular weight excluding hydrogens is 266 g/mol. The van der Waals surface area contributed by atoms with Crippen LogP contribution in [0, 0.1) is 0 Å². The van der Waals surface area contributed by atoms with Crippen molar-refractivity contribution in [2.75, 3.05) is 37.6 Å². The maximum absolute atomic E-state index is 12.5. The van der Waals surface area contributed by atoms with Gasteiger partial charge in [0.15, 0.2) is 0 Å². The monoisotopic (exact) mass is 287 g/mol. The summed E-state index contributed by atoms with van der Waals surface area (Å²) >= 11 is 0. The largest absolute Gasteiger partial charge is 0.337 e. The van der Waals surface area contributed by atoms with Crippen LogP contribution in [0.1, 0.15) is 29.6 Å². The summed E-state index contributed by atoms with van der Waals surface area (Å²) < 4.78 is 0. The van der Waals surface area contributed by atoms with Gasteiger partial charge in [-0.2, -0.15) is 0 Å². The number of rotatable bonds is 2. The topological polar surface area (TPSA) is 52.7 Å². The Morgan fingerprint density at radius 3 is 2.52 bits per heavy atom. The summed E-state index contributed by atoms with van der Waals surface area (Å²) in [6.45, 7) is 4.17. The number of amides is 2. The Bertz CT molecular complexity index is 519. The first-order chi connectivity index (χ1) is 10.3. The Hall–Kier alpha value is -1.88. The van der Waals surface area contributed by atoms with Gasteiger partial charge in [-0.3, -0.25) is 9.59 Å². The number of hydrogen-bond donors (Lipinski definition) is 1. The molecule has 2 heterocycles. The van der Waals surface area contributed by atoms with Crippen molar-refractivity contribution < 1.29 is 9.59 Å². The SMILES string of the molecule is O=C(c1ccc(N2CCCC2=O)cc1)N1CCCNCC1. The molecule has 0 spiro atoms. The van der Waals surface area contributed by atoms with E-state index in [9.17, 15) is 9.59 Å². The molecular formula is C16H21N3O2. The van der Waals surface area contributed by atoms with Crippen LogP contribution in [0.2, 0.25) is 0 Å².